The number of hydrogen-bond acceptors (Lipinski definition) is 4. The summed E-state index contributed by atoms with van der Waals surface area (Å²) in [7, 11) is 1.61. The molecule has 0 bridgehead atoms. The van der Waals surface area contributed by atoms with E-state index in [0.717, 1.165) is 12.0 Å². The van der Waals surface area contributed by atoms with Crippen LogP contribution in [-0.4, -0.2) is 47.9 Å². The molecule has 2 aromatic rings. The van der Waals surface area contributed by atoms with E-state index in [9.17, 15) is 9.59 Å². The number of carbonyl (C=O) groups excluding carboxylic acids is 2. The van der Waals surface area contributed by atoms with Gasteiger partial charge in [-0.15, -0.1) is 0 Å². The summed E-state index contributed by atoms with van der Waals surface area (Å²) in [5.74, 6) is 0.623. The molecule has 27 heavy (non-hydrogen) atoms. The van der Waals surface area contributed by atoms with Crippen molar-refractivity contribution in [3.05, 3.63) is 59.8 Å². The lowest BCUT2D eigenvalue weighted by molar-refractivity contribution is -0.133. The fraction of sp³-hybridized carbons (Fsp3) is 0.381. The monoisotopic (exact) mass is 366 g/mol. The SMILES string of the molecule is CC[C@@H]1CN(c2ncccc2C(=O)NC)CCC(=O)N1Cc1ccccc1. The summed E-state index contributed by atoms with van der Waals surface area (Å²) in [5, 5.41) is 2.67. The minimum absolute atomic E-state index is 0.0692. The molecule has 1 aromatic heterocycles. The molecule has 1 saturated heterocycles. The molecule has 1 fully saturated rings. The average Bonchev–Trinajstić information content (AvgIpc) is 2.87. The lowest BCUT2D eigenvalue weighted by Gasteiger charge is -2.32. The highest BCUT2D eigenvalue weighted by molar-refractivity contribution is 5.98. The molecule has 0 unspecified atom stereocenters. The summed E-state index contributed by atoms with van der Waals surface area (Å²) < 4.78 is 0. The molecular weight excluding hydrogens is 340 g/mol. The molecule has 2 amide bonds. The van der Waals surface area contributed by atoms with Gasteiger partial charge in [0.05, 0.1) is 5.56 Å². The number of carbonyl (C=O) groups is 2. The molecule has 142 valence electrons. The van der Waals surface area contributed by atoms with Crippen molar-refractivity contribution in [3.8, 4) is 0 Å². The van der Waals surface area contributed by atoms with Crippen LogP contribution in [0.15, 0.2) is 48.7 Å². The average molecular weight is 366 g/mol. The standard InChI is InChI=1S/C21H26N4O2/c1-3-17-15-24(20-18(21(27)22-2)10-7-12-23-20)13-11-19(26)25(17)14-16-8-5-4-6-9-16/h4-10,12,17H,3,11,13-15H2,1-2H3,(H,22,27)/t17-/m1/s1. The van der Waals surface area contributed by atoms with Crippen LogP contribution in [0, 0.1) is 0 Å². The fourth-order valence-electron chi connectivity index (χ4n) is 3.52. The number of amides is 2. The number of nitrogens with zero attached hydrogens (tertiary/aromatic N) is 3. The Morgan fingerprint density at radius 2 is 2.00 bits per heavy atom. The van der Waals surface area contributed by atoms with Crippen molar-refractivity contribution in [1.82, 2.24) is 15.2 Å². The predicted molar refractivity (Wildman–Crippen MR) is 106 cm³/mol. The molecule has 1 N–H and O–H groups in total. The summed E-state index contributed by atoms with van der Waals surface area (Å²) in [6, 6.07) is 13.7. The Labute approximate surface area is 160 Å². The fourth-order valence-corrected chi connectivity index (χ4v) is 3.52. The summed E-state index contributed by atoms with van der Waals surface area (Å²) in [5.41, 5.74) is 1.67. The topological polar surface area (TPSA) is 65.5 Å². The molecular formula is C21H26N4O2. The van der Waals surface area contributed by atoms with Gasteiger partial charge in [0.1, 0.15) is 5.82 Å². The van der Waals surface area contributed by atoms with Crippen molar-refractivity contribution in [3.63, 3.8) is 0 Å². The molecule has 1 atom stereocenters. The van der Waals surface area contributed by atoms with Crippen molar-refractivity contribution in [2.75, 3.05) is 25.0 Å². The first-order chi connectivity index (χ1) is 13.1. The second kappa shape index (κ2) is 8.66. The van der Waals surface area contributed by atoms with Crippen LogP contribution in [-0.2, 0) is 11.3 Å². The molecule has 6 heteroatoms. The lowest BCUT2D eigenvalue weighted by Crippen LogP contribution is -2.43. The number of nitrogens with one attached hydrogen (secondary N) is 1. The summed E-state index contributed by atoms with van der Waals surface area (Å²) in [4.78, 5) is 33.6. The van der Waals surface area contributed by atoms with Gasteiger partial charge in [0.25, 0.3) is 5.91 Å². The highest BCUT2D eigenvalue weighted by Crippen LogP contribution is 2.24. The first kappa shape index (κ1) is 18.9. The zero-order valence-corrected chi connectivity index (χ0v) is 15.9. The molecule has 3 rings (SSSR count). The minimum atomic E-state index is -0.164. The van der Waals surface area contributed by atoms with Gasteiger partial charge in [0.15, 0.2) is 0 Å². The van der Waals surface area contributed by atoms with Crippen molar-refractivity contribution in [2.45, 2.75) is 32.4 Å². The van der Waals surface area contributed by atoms with Crippen molar-refractivity contribution in [1.29, 1.82) is 0 Å². The Morgan fingerprint density at radius 3 is 2.70 bits per heavy atom. The zero-order chi connectivity index (χ0) is 19.2. The van der Waals surface area contributed by atoms with Gasteiger partial charge in [-0.3, -0.25) is 9.59 Å². The maximum absolute atomic E-state index is 12.8. The zero-order valence-electron chi connectivity index (χ0n) is 15.9. The summed E-state index contributed by atoms with van der Waals surface area (Å²) in [6.07, 6.45) is 2.95. The van der Waals surface area contributed by atoms with Crippen LogP contribution < -0.4 is 10.2 Å². The smallest absolute Gasteiger partial charge is 0.254 e. The molecule has 0 radical (unpaired) electrons. The normalized spacial score (nSPS) is 17.6. The van der Waals surface area contributed by atoms with Gasteiger partial charge in [0.2, 0.25) is 5.91 Å². The number of rotatable bonds is 5. The molecule has 0 saturated carbocycles. The van der Waals surface area contributed by atoms with Crippen molar-refractivity contribution in [2.24, 2.45) is 0 Å². The van der Waals surface area contributed by atoms with Gasteiger partial charge < -0.3 is 15.1 Å². The quantitative estimate of drug-likeness (QED) is 0.883. The van der Waals surface area contributed by atoms with Crippen LogP contribution in [0.1, 0.15) is 35.7 Å². The number of aromatic nitrogens is 1. The van der Waals surface area contributed by atoms with Crippen LogP contribution in [0.25, 0.3) is 0 Å². The van der Waals surface area contributed by atoms with E-state index < -0.39 is 0 Å². The molecule has 1 aliphatic heterocycles. The molecule has 2 heterocycles. The molecule has 6 nitrogen and oxygen atoms in total. The van der Waals surface area contributed by atoms with E-state index in [1.54, 1.807) is 25.4 Å². The Balaban J connectivity index is 1.86. The minimum Gasteiger partial charge on any atom is -0.355 e. The van der Waals surface area contributed by atoms with E-state index in [1.807, 2.05) is 35.2 Å². The van der Waals surface area contributed by atoms with Gasteiger partial charge in [-0.1, -0.05) is 37.3 Å². The summed E-state index contributed by atoms with van der Waals surface area (Å²) in [6.45, 7) is 3.92. The Morgan fingerprint density at radius 1 is 1.22 bits per heavy atom. The van der Waals surface area contributed by atoms with Gasteiger partial charge in [0, 0.05) is 45.3 Å². The number of benzene rings is 1. The summed E-state index contributed by atoms with van der Waals surface area (Å²) >= 11 is 0. The second-order valence-corrected chi connectivity index (χ2v) is 6.72. The highest BCUT2D eigenvalue weighted by Gasteiger charge is 2.30. The van der Waals surface area contributed by atoms with Gasteiger partial charge in [-0.05, 0) is 24.1 Å². The van der Waals surface area contributed by atoms with Crippen LogP contribution in [0.3, 0.4) is 0 Å². The van der Waals surface area contributed by atoms with E-state index in [0.29, 0.717) is 37.4 Å². The molecule has 0 spiro atoms. The number of hydrogen-bond donors (Lipinski definition) is 1. The Hall–Kier alpha value is -2.89. The van der Waals surface area contributed by atoms with E-state index in [2.05, 4.69) is 22.1 Å². The third-order valence-electron chi connectivity index (χ3n) is 5.01. The van der Waals surface area contributed by atoms with Crippen LogP contribution in [0.5, 0.6) is 0 Å². The van der Waals surface area contributed by atoms with Crippen molar-refractivity contribution >= 4 is 17.6 Å². The van der Waals surface area contributed by atoms with E-state index in [1.165, 1.54) is 0 Å². The first-order valence-corrected chi connectivity index (χ1v) is 9.39. The number of anilines is 1. The first-order valence-electron chi connectivity index (χ1n) is 9.39. The number of pyridine rings is 1. The van der Waals surface area contributed by atoms with E-state index >= 15 is 0 Å². The maximum Gasteiger partial charge on any atom is 0.254 e. The molecule has 0 aliphatic carbocycles. The third kappa shape index (κ3) is 4.27. The van der Waals surface area contributed by atoms with Crippen LogP contribution in [0.2, 0.25) is 0 Å². The van der Waals surface area contributed by atoms with Gasteiger partial charge in [-0.25, -0.2) is 4.98 Å². The Kier molecular flexibility index (Phi) is 6.06. The largest absolute Gasteiger partial charge is 0.355 e. The van der Waals surface area contributed by atoms with Gasteiger partial charge in [-0.2, -0.15) is 0 Å². The molecule has 1 aliphatic rings. The maximum atomic E-state index is 12.8. The second-order valence-electron chi connectivity index (χ2n) is 6.72. The van der Waals surface area contributed by atoms with Crippen LogP contribution in [0.4, 0.5) is 5.82 Å². The van der Waals surface area contributed by atoms with Crippen molar-refractivity contribution < 1.29 is 9.59 Å². The van der Waals surface area contributed by atoms with E-state index in [4.69, 9.17) is 0 Å². The third-order valence-corrected chi connectivity index (χ3v) is 5.01. The lowest BCUT2D eigenvalue weighted by atomic mass is 10.1. The Bertz CT molecular complexity index is 794. The predicted octanol–water partition coefficient (Wildman–Crippen LogP) is 2.46. The molecule has 1 aromatic carbocycles. The van der Waals surface area contributed by atoms with E-state index in [-0.39, 0.29) is 17.9 Å². The van der Waals surface area contributed by atoms with Crippen LogP contribution >= 0.6 is 0 Å². The highest BCUT2D eigenvalue weighted by atomic mass is 16.2. The van der Waals surface area contributed by atoms with Gasteiger partial charge >= 0.3 is 0 Å².